The van der Waals surface area contributed by atoms with Gasteiger partial charge < -0.3 is 9.84 Å². The molecule has 1 N–H and O–H groups in total. The van der Waals surface area contributed by atoms with Gasteiger partial charge in [0.05, 0.1) is 11.4 Å². The van der Waals surface area contributed by atoms with Gasteiger partial charge in [0, 0.05) is 25.0 Å². The lowest BCUT2D eigenvalue weighted by molar-refractivity contribution is 0.419. The molecule has 0 aliphatic heterocycles. The molecule has 2 aromatic heterocycles. The Bertz CT molecular complexity index is 467. The fraction of sp³-hybridized carbons (Fsp3) is 0.364. The molecule has 0 fully saturated rings. The number of nitrogens with one attached hydrogen (secondary N) is 1. The molecule has 0 aromatic carbocycles. The molecule has 2 aromatic rings. The highest BCUT2D eigenvalue weighted by molar-refractivity contribution is 5.54. The molecule has 0 saturated heterocycles. The lowest BCUT2D eigenvalue weighted by Gasteiger charge is -1.96. The Hall–Kier alpha value is -1.75. The van der Waals surface area contributed by atoms with Crippen molar-refractivity contribution in [2.75, 3.05) is 6.54 Å². The zero-order valence-corrected chi connectivity index (χ0v) is 9.40. The molecule has 0 bridgehead atoms. The molecule has 84 valence electrons. The summed E-state index contributed by atoms with van der Waals surface area (Å²) < 4.78 is 5.24. The second-order valence-corrected chi connectivity index (χ2v) is 3.45. The molecular weight excluding hydrogens is 204 g/mol. The van der Waals surface area contributed by atoms with Gasteiger partial charge in [-0.15, -0.1) is 0 Å². The predicted octanol–water partition coefficient (Wildman–Crippen LogP) is 1.55. The van der Waals surface area contributed by atoms with Crippen molar-refractivity contribution in [3.8, 4) is 11.5 Å². The van der Waals surface area contributed by atoms with Gasteiger partial charge in [-0.25, -0.2) is 4.98 Å². The molecule has 5 heteroatoms. The molecule has 0 saturated carbocycles. The zero-order valence-electron chi connectivity index (χ0n) is 9.40. The SMILES string of the molecule is CCNCc1cc(-c2nccnc2C)on1. The second kappa shape index (κ2) is 4.85. The molecule has 0 aliphatic carbocycles. The minimum atomic E-state index is 0.665. The molecule has 0 radical (unpaired) electrons. The lowest BCUT2D eigenvalue weighted by Crippen LogP contribution is -2.11. The van der Waals surface area contributed by atoms with Crippen LogP contribution in [0.4, 0.5) is 0 Å². The van der Waals surface area contributed by atoms with E-state index in [2.05, 4.69) is 20.4 Å². The summed E-state index contributed by atoms with van der Waals surface area (Å²) in [4.78, 5) is 8.39. The summed E-state index contributed by atoms with van der Waals surface area (Å²) in [6.07, 6.45) is 3.31. The van der Waals surface area contributed by atoms with Crippen LogP contribution in [0.15, 0.2) is 23.0 Å². The van der Waals surface area contributed by atoms with Crippen molar-refractivity contribution in [1.82, 2.24) is 20.4 Å². The van der Waals surface area contributed by atoms with Crippen molar-refractivity contribution in [2.45, 2.75) is 20.4 Å². The average Bonchev–Trinajstić information content (AvgIpc) is 2.75. The van der Waals surface area contributed by atoms with Crippen LogP contribution in [-0.4, -0.2) is 21.7 Å². The largest absolute Gasteiger partial charge is 0.354 e. The maximum absolute atomic E-state index is 5.24. The summed E-state index contributed by atoms with van der Waals surface area (Å²) in [7, 11) is 0. The van der Waals surface area contributed by atoms with E-state index < -0.39 is 0 Å². The lowest BCUT2D eigenvalue weighted by atomic mass is 10.2. The van der Waals surface area contributed by atoms with Gasteiger partial charge in [0.1, 0.15) is 5.69 Å². The van der Waals surface area contributed by atoms with E-state index in [1.165, 1.54) is 0 Å². The van der Waals surface area contributed by atoms with Crippen LogP contribution >= 0.6 is 0 Å². The Morgan fingerprint density at radius 3 is 2.88 bits per heavy atom. The normalized spacial score (nSPS) is 10.6. The van der Waals surface area contributed by atoms with Crippen LogP contribution < -0.4 is 5.32 Å². The summed E-state index contributed by atoms with van der Waals surface area (Å²) in [6.45, 7) is 5.56. The van der Waals surface area contributed by atoms with Crippen LogP contribution in [0.2, 0.25) is 0 Å². The molecule has 2 heterocycles. The van der Waals surface area contributed by atoms with Crippen molar-refractivity contribution < 1.29 is 4.52 Å². The molecule has 0 amide bonds. The number of aryl methyl sites for hydroxylation is 1. The fourth-order valence-electron chi connectivity index (χ4n) is 1.41. The zero-order chi connectivity index (χ0) is 11.4. The van der Waals surface area contributed by atoms with Crippen LogP contribution in [-0.2, 0) is 6.54 Å². The molecule has 0 atom stereocenters. The minimum Gasteiger partial charge on any atom is -0.354 e. The molecule has 16 heavy (non-hydrogen) atoms. The fourth-order valence-corrected chi connectivity index (χ4v) is 1.41. The van der Waals surface area contributed by atoms with Gasteiger partial charge in [0.2, 0.25) is 0 Å². The minimum absolute atomic E-state index is 0.665. The Labute approximate surface area is 93.9 Å². The molecular formula is C11H14N4O. The van der Waals surface area contributed by atoms with E-state index in [9.17, 15) is 0 Å². The third-order valence-electron chi connectivity index (χ3n) is 2.23. The average molecular weight is 218 g/mol. The van der Waals surface area contributed by atoms with E-state index in [1.54, 1.807) is 12.4 Å². The smallest absolute Gasteiger partial charge is 0.187 e. The molecule has 0 unspecified atom stereocenters. The molecule has 2 rings (SSSR count). The van der Waals surface area contributed by atoms with Crippen LogP contribution in [0, 0.1) is 6.92 Å². The van der Waals surface area contributed by atoms with Gasteiger partial charge in [-0.1, -0.05) is 12.1 Å². The van der Waals surface area contributed by atoms with E-state index in [0.717, 1.165) is 23.6 Å². The number of hydrogen-bond acceptors (Lipinski definition) is 5. The number of aromatic nitrogens is 3. The van der Waals surface area contributed by atoms with E-state index in [-0.39, 0.29) is 0 Å². The van der Waals surface area contributed by atoms with E-state index in [1.807, 2.05) is 19.9 Å². The monoisotopic (exact) mass is 218 g/mol. The van der Waals surface area contributed by atoms with Crippen LogP contribution in [0.3, 0.4) is 0 Å². The second-order valence-electron chi connectivity index (χ2n) is 3.45. The van der Waals surface area contributed by atoms with Crippen LogP contribution in [0.1, 0.15) is 18.3 Å². The molecule has 0 aliphatic rings. The maximum Gasteiger partial charge on any atom is 0.187 e. The first-order valence-electron chi connectivity index (χ1n) is 5.25. The highest BCUT2D eigenvalue weighted by atomic mass is 16.5. The summed E-state index contributed by atoms with van der Waals surface area (Å²) >= 11 is 0. The van der Waals surface area contributed by atoms with Gasteiger partial charge in [0.15, 0.2) is 5.76 Å². The molecule has 0 spiro atoms. The number of hydrogen-bond donors (Lipinski definition) is 1. The van der Waals surface area contributed by atoms with Crippen LogP contribution in [0.5, 0.6) is 0 Å². The highest BCUT2D eigenvalue weighted by Gasteiger charge is 2.10. The topological polar surface area (TPSA) is 63.8 Å². The van der Waals surface area contributed by atoms with Gasteiger partial charge in [-0.2, -0.15) is 0 Å². The standard InChI is InChI=1S/C11H14N4O/c1-3-12-7-9-6-10(16-15-9)11-8(2)13-4-5-14-11/h4-6,12H,3,7H2,1-2H3. The Balaban J connectivity index is 2.22. The Morgan fingerprint density at radius 2 is 2.12 bits per heavy atom. The van der Waals surface area contributed by atoms with Crippen molar-refractivity contribution in [3.05, 3.63) is 29.8 Å². The highest BCUT2D eigenvalue weighted by Crippen LogP contribution is 2.19. The van der Waals surface area contributed by atoms with E-state index >= 15 is 0 Å². The summed E-state index contributed by atoms with van der Waals surface area (Å²) in [5.41, 5.74) is 2.47. The summed E-state index contributed by atoms with van der Waals surface area (Å²) in [6, 6.07) is 1.89. The van der Waals surface area contributed by atoms with Gasteiger partial charge in [0.25, 0.3) is 0 Å². The van der Waals surface area contributed by atoms with Gasteiger partial charge >= 0.3 is 0 Å². The predicted molar refractivity (Wildman–Crippen MR) is 59.6 cm³/mol. The van der Waals surface area contributed by atoms with Crippen molar-refractivity contribution in [3.63, 3.8) is 0 Å². The van der Waals surface area contributed by atoms with Crippen molar-refractivity contribution >= 4 is 0 Å². The quantitative estimate of drug-likeness (QED) is 0.843. The van der Waals surface area contributed by atoms with E-state index in [0.29, 0.717) is 12.3 Å². The first kappa shape index (κ1) is 10.8. The first-order chi connectivity index (χ1) is 7.81. The summed E-state index contributed by atoms with van der Waals surface area (Å²) in [5.74, 6) is 0.665. The Kier molecular flexibility index (Phi) is 3.26. The van der Waals surface area contributed by atoms with E-state index in [4.69, 9.17) is 4.52 Å². The first-order valence-corrected chi connectivity index (χ1v) is 5.25. The number of rotatable bonds is 4. The van der Waals surface area contributed by atoms with Gasteiger partial charge in [-0.3, -0.25) is 4.98 Å². The van der Waals surface area contributed by atoms with Crippen molar-refractivity contribution in [2.24, 2.45) is 0 Å². The summed E-state index contributed by atoms with van der Waals surface area (Å²) in [5, 5.41) is 7.15. The Morgan fingerprint density at radius 1 is 1.31 bits per heavy atom. The maximum atomic E-state index is 5.24. The third kappa shape index (κ3) is 2.25. The molecule has 5 nitrogen and oxygen atoms in total. The van der Waals surface area contributed by atoms with Crippen LogP contribution in [0.25, 0.3) is 11.5 Å². The van der Waals surface area contributed by atoms with Crippen molar-refractivity contribution in [1.29, 1.82) is 0 Å². The van der Waals surface area contributed by atoms with Gasteiger partial charge in [-0.05, 0) is 13.5 Å². The number of nitrogens with zero attached hydrogens (tertiary/aromatic N) is 3. The third-order valence-corrected chi connectivity index (χ3v) is 2.23.